The quantitative estimate of drug-likeness (QED) is 0.647. The number of benzene rings is 2. The van der Waals surface area contributed by atoms with E-state index in [1.165, 1.54) is 11.1 Å². The van der Waals surface area contributed by atoms with Gasteiger partial charge in [0.25, 0.3) is 0 Å². The van der Waals surface area contributed by atoms with E-state index in [4.69, 9.17) is 16.3 Å². The lowest BCUT2D eigenvalue weighted by Crippen LogP contribution is -2.37. The molecule has 124 valence electrons. The van der Waals surface area contributed by atoms with Crippen LogP contribution in [-0.2, 0) is 9.53 Å². The Morgan fingerprint density at radius 2 is 1.54 bits per heavy atom. The zero-order valence-electron chi connectivity index (χ0n) is 12.9. The maximum Gasteiger partial charge on any atom is 0.407 e. The second-order valence-electron chi connectivity index (χ2n) is 5.41. The molecule has 0 bridgehead atoms. The number of rotatable bonds is 5. The van der Waals surface area contributed by atoms with E-state index in [9.17, 15) is 9.59 Å². The van der Waals surface area contributed by atoms with Crippen LogP contribution in [0.25, 0.3) is 11.1 Å². The Bertz CT molecular complexity index is 718. The van der Waals surface area contributed by atoms with Crippen molar-refractivity contribution in [1.82, 2.24) is 10.6 Å². The highest BCUT2D eigenvalue weighted by molar-refractivity contribution is 6.18. The standard InChI is InChI=1S/C18H17ClN2O3/c19-11-21-17(22)9-20-18(23)24-10-16-14-7-3-1-5-12(14)13-6-2-4-8-15(13)16/h1-8,16H,9-11H2,(H,20,23)(H,21,22). The van der Waals surface area contributed by atoms with E-state index in [0.717, 1.165) is 11.1 Å². The predicted molar refractivity (Wildman–Crippen MR) is 91.9 cm³/mol. The molecule has 1 aliphatic rings. The van der Waals surface area contributed by atoms with Gasteiger partial charge in [0.15, 0.2) is 0 Å². The molecule has 3 rings (SSSR count). The Hall–Kier alpha value is -2.53. The van der Waals surface area contributed by atoms with Crippen molar-refractivity contribution < 1.29 is 14.3 Å². The van der Waals surface area contributed by atoms with E-state index in [1.807, 2.05) is 24.3 Å². The van der Waals surface area contributed by atoms with Crippen molar-refractivity contribution in [3.05, 3.63) is 59.7 Å². The molecule has 0 unspecified atom stereocenters. The fourth-order valence-corrected chi connectivity index (χ4v) is 3.09. The van der Waals surface area contributed by atoms with Gasteiger partial charge in [-0.15, -0.1) is 11.6 Å². The van der Waals surface area contributed by atoms with E-state index in [2.05, 4.69) is 34.9 Å². The van der Waals surface area contributed by atoms with Crippen LogP contribution < -0.4 is 10.6 Å². The molecule has 0 aliphatic heterocycles. The highest BCUT2D eigenvalue weighted by Gasteiger charge is 2.28. The number of carbonyl (C=O) groups excluding carboxylic acids is 2. The molecule has 0 spiro atoms. The van der Waals surface area contributed by atoms with E-state index in [-0.39, 0.29) is 31.0 Å². The molecule has 2 aromatic carbocycles. The van der Waals surface area contributed by atoms with E-state index < -0.39 is 6.09 Å². The van der Waals surface area contributed by atoms with Crippen molar-refractivity contribution in [2.75, 3.05) is 19.2 Å². The van der Waals surface area contributed by atoms with Crippen LogP contribution in [0.3, 0.4) is 0 Å². The van der Waals surface area contributed by atoms with Gasteiger partial charge in [-0.1, -0.05) is 48.5 Å². The van der Waals surface area contributed by atoms with Gasteiger partial charge in [0.2, 0.25) is 5.91 Å². The second kappa shape index (κ2) is 7.36. The van der Waals surface area contributed by atoms with Crippen LogP contribution in [0.5, 0.6) is 0 Å². The summed E-state index contributed by atoms with van der Waals surface area (Å²) < 4.78 is 5.31. The molecule has 0 heterocycles. The van der Waals surface area contributed by atoms with Crippen LogP contribution in [-0.4, -0.2) is 31.2 Å². The summed E-state index contributed by atoms with van der Waals surface area (Å²) in [5.41, 5.74) is 4.63. The fourth-order valence-electron chi connectivity index (χ4n) is 2.94. The summed E-state index contributed by atoms with van der Waals surface area (Å²) in [4.78, 5) is 23.1. The molecule has 0 atom stereocenters. The second-order valence-corrected chi connectivity index (χ2v) is 5.68. The molecule has 0 aromatic heterocycles. The molecule has 6 heteroatoms. The number of hydrogen-bond donors (Lipinski definition) is 2. The van der Waals surface area contributed by atoms with Gasteiger partial charge in [0.05, 0.1) is 6.00 Å². The number of hydrogen-bond acceptors (Lipinski definition) is 3. The Balaban J connectivity index is 1.65. The van der Waals surface area contributed by atoms with Gasteiger partial charge in [-0.2, -0.15) is 0 Å². The van der Waals surface area contributed by atoms with E-state index in [0.29, 0.717) is 0 Å². The number of fused-ring (bicyclic) bond motifs is 3. The highest BCUT2D eigenvalue weighted by Crippen LogP contribution is 2.44. The molecule has 0 radical (unpaired) electrons. The molecule has 2 amide bonds. The first-order valence-corrected chi connectivity index (χ1v) is 8.15. The Morgan fingerprint density at radius 3 is 2.12 bits per heavy atom. The minimum absolute atomic E-state index is 0.000168. The maximum atomic E-state index is 11.8. The minimum Gasteiger partial charge on any atom is -0.449 e. The summed E-state index contributed by atoms with van der Waals surface area (Å²) in [7, 11) is 0. The van der Waals surface area contributed by atoms with E-state index in [1.54, 1.807) is 0 Å². The lowest BCUT2D eigenvalue weighted by molar-refractivity contribution is -0.119. The average molecular weight is 345 g/mol. The first kappa shape index (κ1) is 16.3. The monoisotopic (exact) mass is 344 g/mol. The van der Waals surface area contributed by atoms with Crippen LogP contribution in [0, 0.1) is 0 Å². The summed E-state index contributed by atoms with van der Waals surface area (Å²) in [5, 5.41) is 4.79. The van der Waals surface area contributed by atoms with Crippen molar-refractivity contribution in [3.63, 3.8) is 0 Å². The molecule has 0 saturated carbocycles. The smallest absolute Gasteiger partial charge is 0.407 e. The van der Waals surface area contributed by atoms with Crippen LogP contribution in [0.4, 0.5) is 4.79 Å². The third kappa shape index (κ3) is 3.36. The molecule has 2 aromatic rings. The average Bonchev–Trinajstić information content (AvgIpc) is 2.92. The van der Waals surface area contributed by atoms with Gasteiger partial charge in [-0.05, 0) is 22.3 Å². The summed E-state index contributed by atoms with van der Waals surface area (Å²) in [6.07, 6.45) is -0.624. The van der Waals surface area contributed by atoms with Crippen molar-refractivity contribution in [2.24, 2.45) is 0 Å². The number of halogens is 1. The SMILES string of the molecule is O=C(CNC(=O)OCC1c2ccccc2-c2ccccc21)NCCl. The molecular weight excluding hydrogens is 328 g/mol. The third-order valence-corrected chi connectivity index (χ3v) is 4.13. The number of amides is 2. The topological polar surface area (TPSA) is 67.4 Å². The van der Waals surface area contributed by atoms with Gasteiger partial charge in [0, 0.05) is 5.92 Å². The zero-order chi connectivity index (χ0) is 16.9. The first-order valence-electron chi connectivity index (χ1n) is 7.62. The Morgan fingerprint density at radius 1 is 0.958 bits per heavy atom. The number of carbonyl (C=O) groups is 2. The summed E-state index contributed by atoms with van der Waals surface area (Å²) >= 11 is 5.38. The maximum absolute atomic E-state index is 11.8. The van der Waals surface area contributed by atoms with Crippen molar-refractivity contribution in [1.29, 1.82) is 0 Å². The van der Waals surface area contributed by atoms with E-state index >= 15 is 0 Å². The molecule has 0 saturated heterocycles. The van der Waals surface area contributed by atoms with Crippen molar-refractivity contribution >= 4 is 23.6 Å². The summed E-state index contributed by atoms with van der Waals surface area (Å²) in [6.45, 7) is 0.0559. The number of alkyl halides is 1. The van der Waals surface area contributed by atoms with Crippen LogP contribution in [0.1, 0.15) is 17.0 Å². The molecule has 5 nitrogen and oxygen atoms in total. The number of ether oxygens (including phenoxy) is 1. The van der Waals surface area contributed by atoms with Gasteiger partial charge in [0.1, 0.15) is 13.2 Å². The zero-order valence-corrected chi connectivity index (χ0v) is 13.7. The predicted octanol–water partition coefficient (Wildman–Crippen LogP) is 2.84. The minimum atomic E-state index is -0.624. The molecule has 2 N–H and O–H groups in total. The van der Waals surface area contributed by atoms with Crippen LogP contribution >= 0.6 is 11.6 Å². The normalized spacial score (nSPS) is 12.2. The van der Waals surface area contributed by atoms with Gasteiger partial charge >= 0.3 is 6.09 Å². The van der Waals surface area contributed by atoms with Gasteiger partial charge in [-0.3, -0.25) is 4.79 Å². The molecule has 24 heavy (non-hydrogen) atoms. The van der Waals surface area contributed by atoms with Gasteiger partial charge in [-0.25, -0.2) is 4.79 Å². The number of nitrogens with one attached hydrogen (secondary N) is 2. The largest absolute Gasteiger partial charge is 0.449 e. The lowest BCUT2D eigenvalue weighted by Gasteiger charge is -2.14. The Kier molecular flexibility index (Phi) is 5.01. The fraction of sp³-hybridized carbons (Fsp3) is 0.222. The molecular formula is C18H17ClN2O3. The number of alkyl carbamates (subject to hydrolysis) is 1. The molecule has 1 aliphatic carbocycles. The first-order chi connectivity index (χ1) is 11.7. The highest BCUT2D eigenvalue weighted by atomic mass is 35.5. The lowest BCUT2D eigenvalue weighted by atomic mass is 9.98. The van der Waals surface area contributed by atoms with Crippen molar-refractivity contribution in [2.45, 2.75) is 5.92 Å². The third-order valence-electron chi connectivity index (χ3n) is 4.00. The van der Waals surface area contributed by atoms with Crippen LogP contribution in [0.15, 0.2) is 48.5 Å². The van der Waals surface area contributed by atoms with Gasteiger partial charge < -0.3 is 15.4 Å². The Labute approximate surface area is 145 Å². The van der Waals surface area contributed by atoms with Crippen LogP contribution in [0.2, 0.25) is 0 Å². The van der Waals surface area contributed by atoms with Crippen molar-refractivity contribution in [3.8, 4) is 11.1 Å². The summed E-state index contributed by atoms with van der Waals surface area (Å²) in [6, 6.07) is 16.2. The summed E-state index contributed by atoms with van der Waals surface area (Å²) in [5.74, 6) is -0.363. The molecule has 0 fully saturated rings.